The Morgan fingerprint density at radius 2 is 1.77 bits per heavy atom. The Balaban J connectivity index is 1.65. The fraction of sp³-hybridized carbons (Fsp3) is 0.667. The van der Waals surface area contributed by atoms with E-state index in [9.17, 15) is 8.78 Å². The maximum absolute atomic E-state index is 13.8. The molecular formula is C21H29F2NO2. The maximum atomic E-state index is 13.8. The van der Waals surface area contributed by atoms with Crippen molar-refractivity contribution >= 4 is 0 Å². The average molecular weight is 365 g/mol. The molecule has 0 aromatic heterocycles. The summed E-state index contributed by atoms with van der Waals surface area (Å²) in [7, 11) is 0. The number of ether oxygens (including phenoxy) is 2. The molecule has 0 radical (unpaired) electrons. The minimum Gasteiger partial charge on any atom is -0.490 e. The first-order valence-electron chi connectivity index (χ1n) is 9.78. The van der Waals surface area contributed by atoms with E-state index in [-0.39, 0.29) is 11.3 Å². The third-order valence-electron chi connectivity index (χ3n) is 5.04. The number of nitriles is 1. The summed E-state index contributed by atoms with van der Waals surface area (Å²) >= 11 is 0. The highest BCUT2D eigenvalue weighted by atomic mass is 19.2. The van der Waals surface area contributed by atoms with E-state index in [0.717, 1.165) is 38.7 Å². The minimum absolute atomic E-state index is 0.119. The van der Waals surface area contributed by atoms with Crippen LogP contribution in [0, 0.1) is 28.9 Å². The molecule has 1 aliphatic rings. The van der Waals surface area contributed by atoms with E-state index < -0.39 is 11.6 Å². The largest absolute Gasteiger partial charge is 0.490 e. The molecule has 0 saturated heterocycles. The zero-order valence-corrected chi connectivity index (χ0v) is 15.6. The molecule has 0 atom stereocenters. The molecule has 144 valence electrons. The lowest BCUT2D eigenvalue weighted by Crippen LogP contribution is -2.25. The van der Waals surface area contributed by atoms with Gasteiger partial charge < -0.3 is 9.47 Å². The van der Waals surface area contributed by atoms with Crippen molar-refractivity contribution in [3.8, 4) is 11.8 Å². The van der Waals surface area contributed by atoms with E-state index in [1.54, 1.807) is 6.07 Å². The molecule has 1 saturated carbocycles. The molecular weight excluding hydrogens is 336 g/mol. The Kier molecular flexibility index (Phi) is 8.84. The van der Waals surface area contributed by atoms with E-state index in [4.69, 9.17) is 14.7 Å². The predicted octanol–water partition coefficient (Wildman–Crippen LogP) is 5.76. The lowest BCUT2D eigenvalue weighted by molar-refractivity contribution is 0.0108. The van der Waals surface area contributed by atoms with Gasteiger partial charge in [0, 0.05) is 6.61 Å². The summed E-state index contributed by atoms with van der Waals surface area (Å²) in [5, 5.41) is 8.70. The quantitative estimate of drug-likeness (QED) is 0.495. The fourth-order valence-corrected chi connectivity index (χ4v) is 3.36. The first kappa shape index (κ1) is 20.6. The first-order chi connectivity index (χ1) is 12.7. The second kappa shape index (κ2) is 11.1. The monoisotopic (exact) mass is 365 g/mol. The van der Waals surface area contributed by atoms with Crippen molar-refractivity contribution in [3.63, 3.8) is 0 Å². The number of hydrogen-bond acceptors (Lipinski definition) is 3. The van der Waals surface area contributed by atoms with Gasteiger partial charge >= 0.3 is 0 Å². The predicted molar refractivity (Wildman–Crippen MR) is 97.0 cm³/mol. The van der Waals surface area contributed by atoms with Crippen LogP contribution in [0.3, 0.4) is 0 Å². The van der Waals surface area contributed by atoms with E-state index in [0.29, 0.717) is 18.6 Å². The summed E-state index contributed by atoms with van der Waals surface area (Å²) in [4.78, 5) is 0. The van der Waals surface area contributed by atoms with Crippen molar-refractivity contribution in [1.29, 1.82) is 5.26 Å². The zero-order chi connectivity index (χ0) is 18.8. The summed E-state index contributed by atoms with van der Waals surface area (Å²) in [5.74, 6) is -2.00. The van der Waals surface area contributed by atoms with Crippen LogP contribution in [0.2, 0.25) is 0 Å². The number of hydrogen-bond donors (Lipinski definition) is 0. The molecule has 0 bridgehead atoms. The Morgan fingerprint density at radius 1 is 1.04 bits per heavy atom. The highest BCUT2D eigenvalue weighted by Crippen LogP contribution is 2.28. The van der Waals surface area contributed by atoms with Gasteiger partial charge in [0.25, 0.3) is 0 Å². The van der Waals surface area contributed by atoms with Crippen LogP contribution in [-0.2, 0) is 4.74 Å². The average Bonchev–Trinajstić information content (AvgIpc) is 2.67. The highest BCUT2D eigenvalue weighted by molar-refractivity contribution is 5.37. The number of halogens is 2. The van der Waals surface area contributed by atoms with Crippen LogP contribution in [0.5, 0.6) is 5.75 Å². The van der Waals surface area contributed by atoms with Crippen molar-refractivity contribution in [3.05, 3.63) is 29.3 Å². The summed E-state index contributed by atoms with van der Waals surface area (Å²) in [6.07, 6.45) is 10.5. The van der Waals surface area contributed by atoms with Crippen LogP contribution in [0.15, 0.2) is 12.1 Å². The number of rotatable bonds is 10. The molecule has 0 amide bonds. The summed E-state index contributed by atoms with van der Waals surface area (Å²) in [5.41, 5.74) is -0.304. The molecule has 0 unspecified atom stereocenters. The van der Waals surface area contributed by atoms with Gasteiger partial charge in [-0.2, -0.15) is 9.65 Å². The lowest BCUT2D eigenvalue weighted by atomic mass is 9.88. The molecule has 26 heavy (non-hydrogen) atoms. The fourth-order valence-electron chi connectivity index (χ4n) is 3.36. The second-order valence-electron chi connectivity index (χ2n) is 7.09. The minimum atomic E-state index is -1.14. The van der Waals surface area contributed by atoms with Crippen LogP contribution < -0.4 is 4.74 Å². The summed E-state index contributed by atoms with van der Waals surface area (Å²) in [6.45, 7) is 3.42. The molecule has 0 spiro atoms. The van der Waals surface area contributed by atoms with Crippen molar-refractivity contribution in [2.24, 2.45) is 5.92 Å². The van der Waals surface area contributed by atoms with E-state index in [2.05, 4.69) is 6.92 Å². The summed E-state index contributed by atoms with van der Waals surface area (Å²) in [6, 6.07) is 4.19. The lowest BCUT2D eigenvalue weighted by Gasteiger charge is -2.28. The van der Waals surface area contributed by atoms with Crippen LogP contribution in [0.4, 0.5) is 8.78 Å². The highest BCUT2D eigenvalue weighted by Gasteiger charge is 2.23. The van der Waals surface area contributed by atoms with Gasteiger partial charge in [0.2, 0.25) is 5.82 Å². The van der Waals surface area contributed by atoms with Gasteiger partial charge in [0.1, 0.15) is 6.07 Å². The molecule has 5 heteroatoms. The van der Waals surface area contributed by atoms with E-state index >= 15 is 0 Å². The molecule has 1 aromatic carbocycles. The van der Waals surface area contributed by atoms with E-state index in [1.165, 1.54) is 37.8 Å². The van der Waals surface area contributed by atoms with Crippen molar-refractivity contribution < 1.29 is 18.3 Å². The third kappa shape index (κ3) is 6.25. The molecule has 1 aromatic rings. The van der Waals surface area contributed by atoms with Gasteiger partial charge in [-0.05, 0) is 50.2 Å². The smallest absolute Gasteiger partial charge is 0.201 e. The molecule has 1 fully saturated rings. The van der Waals surface area contributed by atoms with Gasteiger partial charge in [-0.25, -0.2) is 4.39 Å². The molecule has 3 nitrogen and oxygen atoms in total. The number of nitrogens with zero attached hydrogens (tertiary/aromatic N) is 1. The van der Waals surface area contributed by atoms with Crippen LogP contribution in [-0.4, -0.2) is 19.3 Å². The SMILES string of the molecule is CCCCCCCO[C@H]1CC[C@H](COc2ccc(C#N)c(F)c2F)CC1. The van der Waals surface area contributed by atoms with Gasteiger partial charge in [0.15, 0.2) is 11.6 Å². The molecule has 0 heterocycles. The zero-order valence-electron chi connectivity index (χ0n) is 15.6. The van der Waals surface area contributed by atoms with E-state index in [1.807, 2.05) is 0 Å². The number of benzene rings is 1. The standard InChI is InChI=1S/C21H29F2NO2/c1-2-3-4-5-6-13-25-18-10-7-16(8-11-18)15-26-19-12-9-17(14-24)20(22)21(19)23/h9,12,16,18H,2-8,10-11,13,15H2,1H3/t16-,18-. The molecule has 2 rings (SSSR count). The second-order valence-corrected chi connectivity index (χ2v) is 7.09. The Hall–Kier alpha value is -1.67. The Morgan fingerprint density at radius 3 is 2.46 bits per heavy atom. The topological polar surface area (TPSA) is 42.2 Å². The van der Waals surface area contributed by atoms with Crippen LogP contribution >= 0.6 is 0 Å². The van der Waals surface area contributed by atoms with Gasteiger partial charge in [-0.3, -0.25) is 0 Å². The summed E-state index contributed by atoms with van der Waals surface area (Å²) < 4.78 is 38.9. The first-order valence-corrected chi connectivity index (χ1v) is 9.78. The van der Waals surface area contributed by atoms with Crippen LogP contribution in [0.25, 0.3) is 0 Å². The Labute approximate surface area is 155 Å². The van der Waals surface area contributed by atoms with Gasteiger partial charge in [-0.1, -0.05) is 32.6 Å². The van der Waals surface area contributed by atoms with Gasteiger partial charge in [-0.15, -0.1) is 0 Å². The van der Waals surface area contributed by atoms with Gasteiger partial charge in [0.05, 0.1) is 18.3 Å². The normalized spacial score (nSPS) is 19.9. The van der Waals surface area contributed by atoms with Crippen molar-refractivity contribution in [1.82, 2.24) is 0 Å². The molecule has 1 aliphatic carbocycles. The van der Waals surface area contributed by atoms with Crippen molar-refractivity contribution in [2.45, 2.75) is 70.8 Å². The number of unbranched alkanes of at least 4 members (excludes halogenated alkanes) is 4. The molecule has 0 N–H and O–H groups in total. The Bertz CT molecular complexity index is 592. The maximum Gasteiger partial charge on any atom is 0.201 e. The van der Waals surface area contributed by atoms with Crippen LogP contribution in [0.1, 0.15) is 70.3 Å². The molecule has 0 aliphatic heterocycles. The third-order valence-corrected chi connectivity index (χ3v) is 5.04. The van der Waals surface area contributed by atoms with Crippen molar-refractivity contribution in [2.75, 3.05) is 13.2 Å².